The number of amides is 1. The van der Waals surface area contributed by atoms with E-state index in [9.17, 15) is 4.79 Å². The zero-order valence-electron chi connectivity index (χ0n) is 13.2. The molecular weight excluding hydrogens is 250 g/mol. The Morgan fingerprint density at radius 2 is 1.70 bits per heavy atom. The number of rotatable bonds is 4. The van der Waals surface area contributed by atoms with Crippen LogP contribution < -0.4 is 5.73 Å². The van der Waals surface area contributed by atoms with E-state index in [4.69, 9.17) is 5.73 Å². The minimum Gasteiger partial charge on any atom is -0.336 e. The van der Waals surface area contributed by atoms with Crippen LogP contribution in [0.25, 0.3) is 0 Å². The number of carbonyl (C=O) groups is 1. The van der Waals surface area contributed by atoms with Gasteiger partial charge in [0.05, 0.1) is 6.54 Å². The molecule has 1 amide bonds. The molecule has 20 heavy (non-hydrogen) atoms. The van der Waals surface area contributed by atoms with Crippen molar-refractivity contribution in [3.8, 4) is 0 Å². The molecule has 4 heteroatoms. The van der Waals surface area contributed by atoms with Crippen LogP contribution in [-0.4, -0.2) is 54.0 Å². The molecule has 0 saturated carbocycles. The van der Waals surface area contributed by atoms with Crippen molar-refractivity contribution < 1.29 is 4.79 Å². The first-order valence-electron chi connectivity index (χ1n) is 8.35. The van der Waals surface area contributed by atoms with Crippen molar-refractivity contribution in [2.24, 2.45) is 11.7 Å². The molecule has 2 aliphatic rings. The Labute approximate surface area is 123 Å². The maximum atomic E-state index is 12.6. The number of hydrogen-bond acceptors (Lipinski definition) is 3. The first-order chi connectivity index (χ1) is 9.61. The molecule has 116 valence electrons. The number of nitrogens with two attached hydrogens (primary N) is 1. The average molecular weight is 281 g/mol. The number of piperidine rings is 2. The Kier molecular flexibility index (Phi) is 5.85. The lowest BCUT2D eigenvalue weighted by Gasteiger charge is -2.41. The second kappa shape index (κ2) is 7.41. The third-order valence-corrected chi connectivity index (χ3v) is 5.12. The lowest BCUT2D eigenvalue weighted by atomic mass is 9.93. The summed E-state index contributed by atoms with van der Waals surface area (Å²) in [5.41, 5.74) is 5.63. The van der Waals surface area contributed by atoms with E-state index in [1.54, 1.807) is 0 Å². The molecule has 0 radical (unpaired) electrons. The highest BCUT2D eigenvalue weighted by Gasteiger charge is 2.30. The van der Waals surface area contributed by atoms with E-state index in [0.29, 0.717) is 24.5 Å². The van der Waals surface area contributed by atoms with Crippen LogP contribution in [0.4, 0.5) is 0 Å². The summed E-state index contributed by atoms with van der Waals surface area (Å²) in [5.74, 6) is 1.11. The molecule has 2 N–H and O–H groups in total. The molecule has 0 aliphatic carbocycles. The van der Waals surface area contributed by atoms with Crippen LogP contribution in [0, 0.1) is 5.92 Å². The maximum Gasteiger partial charge on any atom is 0.237 e. The molecule has 2 saturated heterocycles. The molecule has 0 spiro atoms. The van der Waals surface area contributed by atoms with Gasteiger partial charge in [-0.05, 0) is 77.9 Å². The Morgan fingerprint density at radius 1 is 1.10 bits per heavy atom. The lowest BCUT2D eigenvalue weighted by molar-refractivity contribution is -0.138. The second-order valence-corrected chi connectivity index (χ2v) is 6.73. The highest BCUT2D eigenvalue weighted by atomic mass is 16.2. The van der Waals surface area contributed by atoms with Crippen LogP contribution in [0.3, 0.4) is 0 Å². The lowest BCUT2D eigenvalue weighted by Crippen LogP contribution is -2.51. The molecule has 4 nitrogen and oxygen atoms in total. The van der Waals surface area contributed by atoms with Crippen molar-refractivity contribution in [1.82, 2.24) is 9.80 Å². The third-order valence-electron chi connectivity index (χ3n) is 5.12. The van der Waals surface area contributed by atoms with E-state index in [2.05, 4.69) is 23.6 Å². The summed E-state index contributed by atoms with van der Waals surface area (Å²) >= 11 is 0. The Morgan fingerprint density at radius 3 is 2.25 bits per heavy atom. The zero-order valence-corrected chi connectivity index (χ0v) is 13.2. The van der Waals surface area contributed by atoms with Crippen LogP contribution in [0.5, 0.6) is 0 Å². The van der Waals surface area contributed by atoms with Gasteiger partial charge < -0.3 is 10.6 Å². The number of likely N-dealkylation sites (tertiary alicyclic amines) is 2. The molecule has 2 unspecified atom stereocenters. The molecule has 0 bridgehead atoms. The summed E-state index contributed by atoms with van der Waals surface area (Å²) in [6.07, 6.45) is 7.13. The maximum absolute atomic E-state index is 12.6. The van der Waals surface area contributed by atoms with Gasteiger partial charge >= 0.3 is 0 Å². The summed E-state index contributed by atoms with van der Waals surface area (Å²) in [6.45, 7) is 7.93. The minimum absolute atomic E-state index is 0.335. The van der Waals surface area contributed by atoms with E-state index >= 15 is 0 Å². The van der Waals surface area contributed by atoms with E-state index in [-0.39, 0.29) is 0 Å². The summed E-state index contributed by atoms with van der Waals surface area (Å²) in [6, 6.07) is 0.835. The quantitative estimate of drug-likeness (QED) is 0.855. The van der Waals surface area contributed by atoms with Gasteiger partial charge in [-0.2, -0.15) is 0 Å². The van der Waals surface area contributed by atoms with Crippen molar-refractivity contribution in [3.63, 3.8) is 0 Å². The van der Waals surface area contributed by atoms with Crippen molar-refractivity contribution in [1.29, 1.82) is 0 Å². The largest absolute Gasteiger partial charge is 0.336 e. The van der Waals surface area contributed by atoms with Crippen LogP contribution in [-0.2, 0) is 4.79 Å². The van der Waals surface area contributed by atoms with Gasteiger partial charge in [0.15, 0.2) is 0 Å². The number of hydrogen-bond donors (Lipinski definition) is 1. The molecule has 0 aromatic carbocycles. The Balaban J connectivity index is 1.80. The smallest absolute Gasteiger partial charge is 0.237 e. The van der Waals surface area contributed by atoms with Crippen molar-refractivity contribution in [2.75, 3.05) is 26.2 Å². The summed E-state index contributed by atoms with van der Waals surface area (Å²) in [7, 11) is 0. The fourth-order valence-corrected chi connectivity index (χ4v) is 3.85. The molecule has 0 aromatic heterocycles. The first-order valence-corrected chi connectivity index (χ1v) is 8.35. The standard InChI is InChI=1S/C16H31N3O/c1-13-4-3-5-14(2)19(13)16(20)12-18-10-7-15(6-9-17)8-11-18/h13-15H,3-12,17H2,1-2H3. The third kappa shape index (κ3) is 3.95. The van der Waals surface area contributed by atoms with Crippen molar-refractivity contribution >= 4 is 5.91 Å². The molecule has 2 fully saturated rings. The monoisotopic (exact) mass is 281 g/mol. The van der Waals surface area contributed by atoms with E-state index in [0.717, 1.165) is 44.8 Å². The molecule has 2 atom stereocenters. The van der Waals surface area contributed by atoms with Crippen LogP contribution >= 0.6 is 0 Å². The predicted molar refractivity (Wildman–Crippen MR) is 82.5 cm³/mol. The SMILES string of the molecule is CC1CCCC(C)N1C(=O)CN1CCC(CCN)CC1. The highest BCUT2D eigenvalue weighted by molar-refractivity contribution is 5.79. The molecule has 2 rings (SSSR count). The van der Waals surface area contributed by atoms with Gasteiger partial charge in [0.25, 0.3) is 0 Å². The van der Waals surface area contributed by atoms with Crippen molar-refractivity contribution in [2.45, 2.75) is 64.5 Å². The molecule has 2 aliphatic heterocycles. The Hall–Kier alpha value is -0.610. The number of nitrogens with zero attached hydrogens (tertiary/aromatic N) is 2. The summed E-state index contributed by atoms with van der Waals surface area (Å²) in [4.78, 5) is 17.0. The predicted octanol–water partition coefficient (Wildman–Crippen LogP) is 1.84. The molecular formula is C16H31N3O. The van der Waals surface area contributed by atoms with Gasteiger partial charge in [-0.25, -0.2) is 0 Å². The fraction of sp³-hybridized carbons (Fsp3) is 0.938. The fourth-order valence-electron chi connectivity index (χ4n) is 3.85. The minimum atomic E-state index is 0.335. The van der Waals surface area contributed by atoms with Crippen LogP contribution in [0.15, 0.2) is 0 Å². The number of carbonyl (C=O) groups excluding carboxylic acids is 1. The van der Waals surface area contributed by atoms with Crippen LogP contribution in [0.2, 0.25) is 0 Å². The van der Waals surface area contributed by atoms with E-state index in [1.165, 1.54) is 19.3 Å². The second-order valence-electron chi connectivity index (χ2n) is 6.73. The van der Waals surface area contributed by atoms with E-state index < -0.39 is 0 Å². The van der Waals surface area contributed by atoms with Gasteiger partial charge in [-0.1, -0.05) is 0 Å². The Bertz CT molecular complexity index is 303. The molecule has 0 aromatic rings. The highest BCUT2D eigenvalue weighted by Crippen LogP contribution is 2.24. The summed E-state index contributed by atoms with van der Waals surface area (Å²) < 4.78 is 0. The first kappa shape index (κ1) is 15.8. The molecule has 2 heterocycles. The van der Waals surface area contributed by atoms with Crippen molar-refractivity contribution in [3.05, 3.63) is 0 Å². The van der Waals surface area contributed by atoms with Gasteiger partial charge in [-0.3, -0.25) is 9.69 Å². The van der Waals surface area contributed by atoms with Crippen LogP contribution in [0.1, 0.15) is 52.4 Å². The topological polar surface area (TPSA) is 49.6 Å². The van der Waals surface area contributed by atoms with E-state index in [1.807, 2.05) is 0 Å². The zero-order chi connectivity index (χ0) is 14.5. The van der Waals surface area contributed by atoms with Gasteiger partial charge in [-0.15, -0.1) is 0 Å². The summed E-state index contributed by atoms with van der Waals surface area (Å²) in [5, 5.41) is 0. The van der Waals surface area contributed by atoms with Gasteiger partial charge in [0.1, 0.15) is 0 Å². The average Bonchev–Trinajstić information content (AvgIpc) is 2.41. The van der Waals surface area contributed by atoms with Gasteiger partial charge in [0.2, 0.25) is 5.91 Å². The van der Waals surface area contributed by atoms with Gasteiger partial charge in [0, 0.05) is 12.1 Å². The normalized spacial score (nSPS) is 29.6.